The Kier molecular flexibility index (Phi) is 5.21. The van der Waals surface area contributed by atoms with Crippen LogP contribution in [0.15, 0.2) is 24.3 Å². The summed E-state index contributed by atoms with van der Waals surface area (Å²) in [5, 5.41) is 0. The summed E-state index contributed by atoms with van der Waals surface area (Å²) in [7, 11) is 1.82. The second kappa shape index (κ2) is 6.24. The van der Waals surface area contributed by atoms with Crippen molar-refractivity contribution in [1.29, 1.82) is 0 Å². The average Bonchev–Trinajstić information content (AvgIpc) is 2.38. The molecule has 0 radical (unpaired) electrons. The number of alkyl halides is 1. The van der Waals surface area contributed by atoms with E-state index in [2.05, 4.69) is 31.2 Å². The zero-order chi connectivity index (χ0) is 13.8. The highest BCUT2D eigenvalue weighted by Crippen LogP contribution is 2.21. The molecule has 0 aliphatic rings. The van der Waals surface area contributed by atoms with Gasteiger partial charge in [-0.2, -0.15) is 0 Å². The number of hydrogen-bond acceptors (Lipinski definition) is 1. The maximum atomic E-state index is 12.2. The molecule has 1 aromatic carbocycles. The van der Waals surface area contributed by atoms with Crippen LogP contribution >= 0.6 is 11.6 Å². The molecule has 0 heterocycles. The van der Waals surface area contributed by atoms with Crippen LogP contribution in [0.3, 0.4) is 0 Å². The quantitative estimate of drug-likeness (QED) is 0.748. The summed E-state index contributed by atoms with van der Waals surface area (Å²) in [5.74, 6) is 0.419. The van der Waals surface area contributed by atoms with Gasteiger partial charge in [-0.25, -0.2) is 0 Å². The first-order valence-electron chi connectivity index (χ1n) is 6.30. The number of benzene rings is 1. The van der Waals surface area contributed by atoms with Gasteiger partial charge in [-0.1, -0.05) is 31.2 Å². The number of hydrogen-bond donors (Lipinski definition) is 0. The van der Waals surface area contributed by atoms with Gasteiger partial charge in [0.25, 0.3) is 0 Å². The van der Waals surface area contributed by atoms with E-state index in [0.29, 0.717) is 12.4 Å². The first kappa shape index (κ1) is 15.0. The van der Waals surface area contributed by atoms with E-state index in [1.54, 1.807) is 4.90 Å². The predicted octanol–water partition coefficient (Wildman–Crippen LogP) is 3.47. The summed E-state index contributed by atoms with van der Waals surface area (Å²) < 4.78 is 0. The molecule has 0 saturated heterocycles. The number of nitrogens with zero attached hydrogens (tertiary/aromatic N) is 1. The summed E-state index contributed by atoms with van der Waals surface area (Å²) in [6.07, 6.45) is 1.04. The predicted molar refractivity (Wildman–Crippen MR) is 76.8 cm³/mol. The number of aryl methyl sites for hydroxylation is 1. The normalized spacial score (nSPS) is 11.4. The molecule has 1 amide bonds. The third kappa shape index (κ3) is 3.74. The van der Waals surface area contributed by atoms with E-state index < -0.39 is 5.41 Å². The molecule has 0 atom stereocenters. The lowest BCUT2D eigenvalue weighted by molar-refractivity contribution is -0.138. The van der Waals surface area contributed by atoms with Gasteiger partial charge in [0.1, 0.15) is 0 Å². The largest absolute Gasteiger partial charge is 0.341 e. The molecular formula is C15H22ClNO. The molecule has 100 valence electrons. The van der Waals surface area contributed by atoms with Crippen molar-refractivity contribution in [3.05, 3.63) is 35.4 Å². The maximum absolute atomic E-state index is 12.2. The van der Waals surface area contributed by atoms with E-state index >= 15 is 0 Å². The topological polar surface area (TPSA) is 20.3 Å². The Morgan fingerprint density at radius 3 is 2.17 bits per heavy atom. The van der Waals surface area contributed by atoms with E-state index in [9.17, 15) is 4.79 Å². The SMILES string of the molecule is CCc1ccc(CN(C)C(=O)C(C)(C)CCl)cc1. The number of halogens is 1. The summed E-state index contributed by atoms with van der Waals surface area (Å²) >= 11 is 5.83. The molecule has 1 aromatic rings. The molecule has 2 nitrogen and oxygen atoms in total. The lowest BCUT2D eigenvalue weighted by Crippen LogP contribution is -2.39. The number of carbonyl (C=O) groups excluding carboxylic acids is 1. The van der Waals surface area contributed by atoms with Gasteiger partial charge >= 0.3 is 0 Å². The van der Waals surface area contributed by atoms with Crippen LogP contribution in [-0.2, 0) is 17.8 Å². The molecule has 3 heteroatoms. The third-order valence-corrected chi connectivity index (χ3v) is 3.78. The fourth-order valence-electron chi connectivity index (χ4n) is 1.80. The Balaban J connectivity index is 2.69. The van der Waals surface area contributed by atoms with Gasteiger partial charge in [0.2, 0.25) is 5.91 Å². The molecular weight excluding hydrogens is 246 g/mol. The second-order valence-corrected chi connectivity index (χ2v) is 5.62. The van der Waals surface area contributed by atoms with Gasteiger partial charge in [0.05, 0.1) is 5.41 Å². The zero-order valence-corrected chi connectivity index (χ0v) is 12.4. The minimum atomic E-state index is -0.500. The Labute approximate surface area is 115 Å². The van der Waals surface area contributed by atoms with Gasteiger partial charge in [-0.15, -0.1) is 11.6 Å². The summed E-state index contributed by atoms with van der Waals surface area (Å²) in [5.41, 5.74) is 1.96. The third-order valence-electron chi connectivity index (χ3n) is 3.11. The number of rotatable bonds is 5. The van der Waals surface area contributed by atoms with Crippen molar-refractivity contribution in [2.45, 2.75) is 33.7 Å². The lowest BCUT2D eigenvalue weighted by Gasteiger charge is -2.27. The molecule has 0 spiro atoms. The van der Waals surface area contributed by atoms with Crippen LogP contribution in [0.25, 0.3) is 0 Å². The first-order valence-corrected chi connectivity index (χ1v) is 6.83. The van der Waals surface area contributed by atoms with E-state index in [1.807, 2.05) is 20.9 Å². The van der Waals surface area contributed by atoms with E-state index in [4.69, 9.17) is 11.6 Å². The van der Waals surface area contributed by atoms with Crippen molar-refractivity contribution < 1.29 is 4.79 Å². The van der Waals surface area contributed by atoms with Crippen LogP contribution in [-0.4, -0.2) is 23.7 Å². The zero-order valence-electron chi connectivity index (χ0n) is 11.7. The molecule has 0 unspecified atom stereocenters. The molecule has 18 heavy (non-hydrogen) atoms. The van der Waals surface area contributed by atoms with Gasteiger partial charge in [0.15, 0.2) is 0 Å². The van der Waals surface area contributed by atoms with Crippen LogP contribution in [0, 0.1) is 5.41 Å². The van der Waals surface area contributed by atoms with E-state index in [1.165, 1.54) is 5.56 Å². The standard InChI is InChI=1S/C15H22ClNO/c1-5-12-6-8-13(9-7-12)10-17(4)14(18)15(2,3)11-16/h6-9H,5,10-11H2,1-4H3. The monoisotopic (exact) mass is 267 g/mol. The average molecular weight is 268 g/mol. The van der Waals surface area contributed by atoms with Crippen molar-refractivity contribution in [2.24, 2.45) is 5.41 Å². The molecule has 1 rings (SSSR count). The van der Waals surface area contributed by atoms with Gasteiger partial charge < -0.3 is 4.90 Å². The second-order valence-electron chi connectivity index (χ2n) is 5.35. The molecule has 0 saturated carbocycles. The molecule has 0 fully saturated rings. The van der Waals surface area contributed by atoms with Gasteiger partial charge in [-0.05, 0) is 31.4 Å². The summed E-state index contributed by atoms with van der Waals surface area (Å²) in [6, 6.07) is 8.38. The minimum Gasteiger partial charge on any atom is -0.341 e. The molecule has 0 aromatic heterocycles. The highest BCUT2D eigenvalue weighted by atomic mass is 35.5. The molecule has 0 aliphatic carbocycles. The lowest BCUT2D eigenvalue weighted by atomic mass is 9.94. The van der Waals surface area contributed by atoms with Crippen LogP contribution < -0.4 is 0 Å². The molecule has 0 bridgehead atoms. The van der Waals surface area contributed by atoms with Gasteiger partial charge in [-0.3, -0.25) is 4.79 Å². The fourth-order valence-corrected chi connectivity index (χ4v) is 1.91. The Hall–Kier alpha value is -1.02. The summed E-state index contributed by atoms with van der Waals surface area (Å²) in [4.78, 5) is 13.9. The Morgan fingerprint density at radius 1 is 1.22 bits per heavy atom. The fraction of sp³-hybridized carbons (Fsp3) is 0.533. The van der Waals surface area contributed by atoms with Crippen molar-refractivity contribution in [1.82, 2.24) is 4.90 Å². The first-order chi connectivity index (χ1) is 8.40. The van der Waals surface area contributed by atoms with E-state index in [0.717, 1.165) is 12.0 Å². The highest BCUT2D eigenvalue weighted by Gasteiger charge is 2.29. The summed E-state index contributed by atoms with van der Waals surface area (Å²) in [6.45, 7) is 6.51. The Bertz CT molecular complexity index is 397. The minimum absolute atomic E-state index is 0.0806. The number of carbonyl (C=O) groups is 1. The van der Waals surface area contributed by atoms with Crippen molar-refractivity contribution >= 4 is 17.5 Å². The molecule has 0 N–H and O–H groups in total. The Morgan fingerprint density at radius 2 is 1.72 bits per heavy atom. The van der Waals surface area contributed by atoms with E-state index in [-0.39, 0.29) is 5.91 Å². The van der Waals surface area contributed by atoms with Crippen molar-refractivity contribution in [3.8, 4) is 0 Å². The van der Waals surface area contributed by atoms with Crippen molar-refractivity contribution in [3.63, 3.8) is 0 Å². The highest BCUT2D eigenvalue weighted by molar-refractivity contribution is 6.19. The maximum Gasteiger partial charge on any atom is 0.229 e. The van der Waals surface area contributed by atoms with Gasteiger partial charge in [0, 0.05) is 19.5 Å². The van der Waals surface area contributed by atoms with Crippen LogP contribution in [0.4, 0.5) is 0 Å². The van der Waals surface area contributed by atoms with Crippen molar-refractivity contribution in [2.75, 3.05) is 12.9 Å². The van der Waals surface area contributed by atoms with Crippen LogP contribution in [0.2, 0.25) is 0 Å². The smallest absolute Gasteiger partial charge is 0.229 e. The van der Waals surface area contributed by atoms with Crippen LogP contribution in [0.5, 0.6) is 0 Å². The molecule has 0 aliphatic heterocycles. The van der Waals surface area contributed by atoms with Crippen LogP contribution in [0.1, 0.15) is 31.9 Å². The number of amides is 1.